The molecule has 18 heavy (non-hydrogen) atoms. The highest BCUT2D eigenvalue weighted by atomic mass is 16.5. The molecule has 4 atom stereocenters. The molecule has 104 valence electrons. The van der Waals surface area contributed by atoms with Crippen LogP contribution in [0.5, 0.6) is 0 Å². The minimum atomic E-state index is 0.222. The molecule has 1 heterocycles. The Morgan fingerprint density at radius 1 is 1.56 bits per heavy atom. The Hall–Kier alpha value is -0.380. The first kappa shape index (κ1) is 14.0. The SMILES string of the molecule is CC1=CC(C)CC(C(CO)NCC2CCCO2)C1. The molecule has 0 aromatic rings. The molecule has 0 saturated carbocycles. The summed E-state index contributed by atoms with van der Waals surface area (Å²) in [6.45, 7) is 6.50. The molecule has 2 aliphatic rings. The van der Waals surface area contributed by atoms with E-state index in [9.17, 15) is 5.11 Å². The van der Waals surface area contributed by atoms with Gasteiger partial charge in [0, 0.05) is 19.2 Å². The van der Waals surface area contributed by atoms with Gasteiger partial charge in [0.2, 0.25) is 0 Å². The highest BCUT2D eigenvalue weighted by Gasteiger charge is 2.26. The molecule has 0 radical (unpaired) electrons. The molecule has 1 fully saturated rings. The van der Waals surface area contributed by atoms with E-state index in [0.29, 0.717) is 17.9 Å². The lowest BCUT2D eigenvalue weighted by molar-refractivity contribution is 0.0963. The fourth-order valence-electron chi connectivity index (χ4n) is 3.37. The minimum absolute atomic E-state index is 0.222. The fraction of sp³-hybridized carbons (Fsp3) is 0.867. The van der Waals surface area contributed by atoms with Gasteiger partial charge in [0.1, 0.15) is 0 Å². The molecule has 4 unspecified atom stereocenters. The van der Waals surface area contributed by atoms with Crippen LogP contribution in [0.15, 0.2) is 11.6 Å². The van der Waals surface area contributed by atoms with Gasteiger partial charge in [-0.05, 0) is 44.4 Å². The van der Waals surface area contributed by atoms with Crippen LogP contribution in [0.4, 0.5) is 0 Å². The number of hydrogen-bond donors (Lipinski definition) is 2. The van der Waals surface area contributed by atoms with Crippen LogP contribution in [-0.2, 0) is 4.74 Å². The van der Waals surface area contributed by atoms with E-state index in [-0.39, 0.29) is 12.6 Å². The number of hydrogen-bond acceptors (Lipinski definition) is 3. The maximum atomic E-state index is 9.60. The number of nitrogens with one attached hydrogen (secondary N) is 1. The summed E-state index contributed by atoms with van der Waals surface area (Å²) in [6, 6.07) is 0.222. The van der Waals surface area contributed by atoms with Crippen LogP contribution in [-0.4, -0.2) is 37.0 Å². The van der Waals surface area contributed by atoms with Crippen LogP contribution < -0.4 is 5.32 Å². The Morgan fingerprint density at radius 3 is 3.00 bits per heavy atom. The number of ether oxygens (including phenoxy) is 1. The Morgan fingerprint density at radius 2 is 2.39 bits per heavy atom. The Labute approximate surface area is 111 Å². The summed E-state index contributed by atoms with van der Waals surface area (Å²) in [5.74, 6) is 1.21. The van der Waals surface area contributed by atoms with E-state index in [1.165, 1.54) is 18.4 Å². The van der Waals surface area contributed by atoms with E-state index in [4.69, 9.17) is 4.74 Å². The van der Waals surface area contributed by atoms with Gasteiger partial charge in [0.25, 0.3) is 0 Å². The maximum Gasteiger partial charge on any atom is 0.0700 e. The van der Waals surface area contributed by atoms with Crippen molar-refractivity contribution >= 4 is 0 Å². The van der Waals surface area contributed by atoms with Gasteiger partial charge in [-0.25, -0.2) is 0 Å². The zero-order valence-electron chi connectivity index (χ0n) is 11.7. The molecule has 2 rings (SSSR count). The Bertz CT molecular complexity index is 284. The van der Waals surface area contributed by atoms with Crippen molar-refractivity contribution < 1.29 is 9.84 Å². The molecule has 0 bridgehead atoms. The summed E-state index contributed by atoms with van der Waals surface area (Å²) in [5, 5.41) is 13.1. The second-order valence-electron chi connectivity index (χ2n) is 6.02. The van der Waals surface area contributed by atoms with Crippen LogP contribution in [0, 0.1) is 11.8 Å². The Balaban J connectivity index is 1.82. The van der Waals surface area contributed by atoms with Gasteiger partial charge >= 0.3 is 0 Å². The largest absolute Gasteiger partial charge is 0.395 e. The van der Waals surface area contributed by atoms with Gasteiger partial charge in [-0.2, -0.15) is 0 Å². The van der Waals surface area contributed by atoms with Crippen molar-refractivity contribution in [2.24, 2.45) is 11.8 Å². The molecule has 2 N–H and O–H groups in total. The standard InChI is InChI=1S/C15H27NO2/c1-11-6-12(2)8-13(7-11)15(10-17)16-9-14-4-3-5-18-14/h6,11,13-17H,3-5,7-10H2,1-2H3. The fourth-order valence-corrected chi connectivity index (χ4v) is 3.37. The van der Waals surface area contributed by atoms with Gasteiger partial charge in [-0.1, -0.05) is 18.6 Å². The highest BCUT2D eigenvalue weighted by molar-refractivity contribution is 5.07. The van der Waals surface area contributed by atoms with E-state index in [0.717, 1.165) is 26.0 Å². The van der Waals surface area contributed by atoms with Crippen molar-refractivity contribution in [2.75, 3.05) is 19.8 Å². The second kappa shape index (κ2) is 6.69. The van der Waals surface area contributed by atoms with E-state index < -0.39 is 0 Å². The van der Waals surface area contributed by atoms with Crippen LogP contribution in [0.2, 0.25) is 0 Å². The minimum Gasteiger partial charge on any atom is -0.395 e. The molecule has 0 aromatic heterocycles. The first-order chi connectivity index (χ1) is 8.69. The first-order valence-electron chi connectivity index (χ1n) is 7.32. The lowest BCUT2D eigenvalue weighted by Crippen LogP contribution is -2.44. The predicted molar refractivity (Wildman–Crippen MR) is 73.5 cm³/mol. The molecule has 0 spiro atoms. The summed E-state index contributed by atoms with van der Waals surface area (Å²) in [5.41, 5.74) is 1.47. The van der Waals surface area contributed by atoms with Gasteiger partial charge < -0.3 is 15.2 Å². The van der Waals surface area contributed by atoms with Crippen LogP contribution in [0.3, 0.4) is 0 Å². The van der Waals surface area contributed by atoms with Crippen molar-refractivity contribution in [3.05, 3.63) is 11.6 Å². The zero-order chi connectivity index (χ0) is 13.0. The summed E-state index contributed by atoms with van der Waals surface area (Å²) >= 11 is 0. The van der Waals surface area contributed by atoms with Gasteiger partial charge in [-0.3, -0.25) is 0 Å². The molecule has 3 nitrogen and oxygen atoms in total. The summed E-state index contributed by atoms with van der Waals surface area (Å²) in [6.07, 6.45) is 7.36. The van der Waals surface area contributed by atoms with Gasteiger partial charge in [-0.15, -0.1) is 0 Å². The van der Waals surface area contributed by atoms with Crippen molar-refractivity contribution in [3.63, 3.8) is 0 Å². The first-order valence-corrected chi connectivity index (χ1v) is 7.32. The van der Waals surface area contributed by atoms with Crippen molar-refractivity contribution in [3.8, 4) is 0 Å². The van der Waals surface area contributed by atoms with Crippen molar-refractivity contribution in [2.45, 2.75) is 51.7 Å². The normalized spacial score (nSPS) is 34.4. The molecule has 3 heteroatoms. The van der Waals surface area contributed by atoms with E-state index >= 15 is 0 Å². The molecule has 1 aliphatic carbocycles. The maximum absolute atomic E-state index is 9.60. The van der Waals surface area contributed by atoms with Crippen LogP contribution in [0.1, 0.15) is 39.5 Å². The quantitative estimate of drug-likeness (QED) is 0.737. The average molecular weight is 253 g/mol. The molecular weight excluding hydrogens is 226 g/mol. The topological polar surface area (TPSA) is 41.5 Å². The highest BCUT2D eigenvalue weighted by Crippen LogP contribution is 2.30. The molecule has 1 saturated heterocycles. The average Bonchev–Trinajstić information content (AvgIpc) is 2.81. The third-order valence-electron chi connectivity index (χ3n) is 4.23. The zero-order valence-corrected chi connectivity index (χ0v) is 11.7. The Kier molecular flexibility index (Phi) is 5.22. The number of aliphatic hydroxyl groups excluding tert-OH is 1. The van der Waals surface area contributed by atoms with Crippen molar-refractivity contribution in [1.29, 1.82) is 0 Å². The monoisotopic (exact) mass is 253 g/mol. The van der Waals surface area contributed by atoms with Crippen LogP contribution in [0.25, 0.3) is 0 Å². The predicted octanol–water partition coefficient (Wildman–Crippen LogP) is 2.11. The molecule has 0 amide bonds. The van der Waals surface area contributed by atoms with Gasteiger partial charge in [0.05, 0.1) is 12.7 Å². The number of allylic oxidation sites excluding steroid dienone is 2. The van der Waals surface area contributed by atoms with E-state index in [2.05, 4.69) is 25.2 Å². The molecule has 1 aliphatic heterocycles. The van der Waals surface area contributed by atoms with Gasteiger partial charge in [0.15, 0.2) is 0 Å². The lowest BCUT2D eigenvalue weighted by Gasteiger charge is -2.32. The van der Waals surface area contributed by atoms with Crippen LogP contribution >= 0.6 is 0 Å². The molecular formula is C15H27NO2. The lowest BCUT2D eigenvalue weighted by atomic mass is 9.79. The third kappa shape index (κ3) is 3.81. The summed E-state index contributed by atoms with van der Waals surface area (Å²) in [4.78, 5) is 0. The number of rotatable bonds is 5. The summed E-state index contributed by atoms with van der Waals surface area (Å²) in [7, 11) is 0. The summed E-state index contributed by atoms with van der Waals surface area (Å²) < 4.78 is 5.62. The van der Waals surface area contributed by atoms with E-state index in [1.807, 2.05) is 0 Å². The smallest absolute Gasteiger partial charge is 0.0700 e. The van der Waals surface area contributed by atoms with Crippen molar-refractivity contribution in [1.82, 2.24) is 5.32 Å². The third-order valence-corrected chi connectivity index (χ3v) is 4.23. The van der Waals surface area contributed by atoms with E-state index in [1.54, 1.807) is 0 Å². The molecule has 0 aromatic carbocycles. The second-order valence-corrected chi connectivity index (χ2v) is 6.02. The number of aliphatic hydroxyl groups is 1.